The predicted molar refractivity (Wildman–Crippen MR) is 109 cm³/mol. The molecule has 2 aromatic rings. The van der Waals surface area contributed by atoms with Crippen LogP contribution in [-0.4, -0.2) is 30.5 Å². The van der Waals surface area contributed by atoms with E-state index in [4.69, 9.17) is 4.74 Å². The van der Waals surface area contributed by atoms with Crippen LogP contribution >= 0.6 is 0 Å². The van der Waals surface area contributed by atoms with Crippen molar-refractivity contribution in [2.75, 3.05) is 19.7 Å². The van der Waals surface area contributed by atoms with E-state index in [-0.39, 0.29) is 12.5 Å². The molecule has 4 heteroatoms. The van der Waals surface area contributed by atoms with Gasteiger partial charge in [-0.2, -0.15) is 0 Å². The van der Waals surface area contributed by atoms with Gasteiger partial charge >= 0.3 is 0 Å². The lowest BCUT2D eigenvalue weighted by Crippen LogP contribution is -2.29. The molecular weight excluding hydrogens is 336 g/mol. The van der Waals surface area contributed by atoms with Crippen LogP contribution in [0.25, 0.3) is 0 Å². The Morgan fingerprint density at radius 2 is 1.81 bits per heavy atom. The maximum atomic E-state index is 12.1. The third-order valence-corrected chi connectivity index (χ3v) is 5.04. The first-order valence-corrected chi connectivity index (χ1v) is 9.87. The molecule has 144 valence electrons. The van der Waals surface area contributed by atoms with Crippen LogP contribution in [0.2, 0.25) is 0 Å². The van der Waals surface area contributed by atoms with Gasteiger partial charge in [0.25, 0.3) is 5.91 Å². The average molecular weight is 367 g/mol. The molecule has 1 fully saturated rings. The number of carbonyl (C=O) groups is 1. The summed E-state index contributed by atoms with van der Waals surface area (Å²) in [5.41, 5.74) is 4.61. The number of piperidine rings is 1. The number of nitrogens with zero attached hydrogens (tertiary/aromatic N) is 1. The lowest BCUT2D eigenvalue weighted by molar-refractivity contribution is -0.123. The van der Waals surface area contributed by atoms with Gasteiger partial charge in [0.15, 0.2) is 6.61 Å². The molecule has 0 spiro atoms. The maximum Gasteiger partial charge on any atom is 0.258 e. The first-order valence-electron chi connectivity index (χ1n) is 9.87. The van der Waals surface area contributed by atoms with E-state index in [0.29, 0.717) is 6.54 Å². The highest BCUT2D eigenvalue weighted by Gasteiger charge is 2.11. The number of aryl methyl sites for hydroxylation is 2. The second kappa shape index (κ2) is 9.56. The molecule has 1 heterocycles. The van der Waals surface area contributed by atoms with E-state index in [1.807, 2.05) is 32.0 Å². The first kappa shape index (κ1) is 19.4. The summed E-state index contributed by atoms with van der Waals surface area (Å²) in [6.07, 6.45) is 3.96. The Balaban J connectivity index is 1.47. The summed E-state index contributed by atoms with van der Waals surface area (Å²) in [5.74, 6) is 0.672. The molecule has 0 aromatic heterocycles. The Hall–Kier alpha value is -2.33. The quantitative estimate of drug-likeness (QED) is 0.806. The molecule has 4 nitrogen and oxygen atoms in total. The summed E-state index contributed by atoms with van der Waals surface area (Å²) in [6, 6.07) is 14.5. The molecular formula is C23H30N2O2. The van der Waals surface area contributed by atoms with Crippen molar-refractivity contribution in [2.45, 2.75) is 46.2 Å². The SMILES string of the molecule is Cc1ccc(C)c(OCC(=O)NCc2cccc(CN3CCCCC3)c2)c1. The van der Waals surface area contributed by atoms with Gasteiger partial charge in [0.05, 0.1) is 0 Å². The van der Waals surface area contributed by atoms with Crippen molar-refractivity contribution in [3.05, 3.63) is 64.7 Å². The number of hydrogen-bond acceptors (Lipinski definition) is 3. The zero-order valence-corrected chi connectivity index (χ0v) is 16.5. The minimum Gasteiger partial charge on any atom is -0.483 e. The van der Waals surface area contributed by atoms with Gasteiger partial charge in [-0.15, -0.1) is 0 Å². The van der Waals surface area contributed by atoms with Crippen LogP contribution in [-0.2, 0) is 17.9 Å². The van der Waals surface area contributed by atoms with E-state index >= 15 is 0 Å². The van der Waals surface area contributed by atoms with E-state index in [2.05, 4.69) is 34.5 Å². The fraction of sp³-hybridized carbons (Fsp3) is 0.435. The van der Waals surface area contributed by atoms with Crippen LogP contribution in [0.3, 0.4) is 0 Å². The summed E-state index contributed by atoms with van der Waals surface area (Å²) in [7, 11) is 0. The van der Waals surface area contributed by atoms with Gasteiger partial charge in [0.2, 0.25) is 0 Å². The van der Waals surface area contributed by atoms with E-state index in [1.54, 1.807) is 0 Å². The van der Waals surface area contributed by atoms with Gasteiger partial charge < -0.3 is 10.1 Å². The maximum absolute atomic E-state index is 12.1. The normalized spacial score (nSPS) is 14.7. The van der Waals surface area contributed by atoms with E-state index in [1.165, 1.54) is 37.9 Å². The number of ether oxygens (including phenoxy) is 1. The number of hydrogen-bond donors (Lipinski definition) is 1. The fourth-order valence-electron chi connectivity index (χ4n) is 3.47. The van der Waals surface area contributed by atoms with Crippen molar-refractivity contribution in [3.8, 4) is 5.75 Å². The van der Waals surface area contributed by atoms with Gasteiger partial charge in [-0.25, -0.2) is 0 Å². The molecule has 0 atom stereocenters. The summed E-state index contributed by atoms with van der Waals surface area (Å²) < 4.78 is 5.67. The molecule has 2 aromatic carbocycles. The lowest BCUT2D eigenvalue weighted by Gasteiger charge is -2.26. The summed E-state index contributed by atoms with van der Waals surface area (Å²) in [5, 5.41) is 2.96. The molecule has 27 heavy (non-hydrogen) atoms. The predicted octanol–water partition coefficient (Wildman–Crippen LogP) is 3.98. The topological polar surface area (TPSA) is 41.6 Å². The minimum atomic E-state index is -0.0997. The molecule has 0 saturated carbocycles. The van der Waals surface area contributed by atoms with Crippen molar-refractivity contribution >= 4 is 5.91 Å². The van der Waals surface area contributed by atoms with Gasteiger partial charge in [-0.05, 0) is 68.1 Å². The highest BCUT2D eigenvalue weighted by atomic mass is 16.5. The second-order valence-corrected chi connectivity index (χ2v) is 7.49. The van der Waals surface area contributed by atoms with E-state index < -0.39 is 0 Å². The number of likely N-dealkylation sites (tertiary alicyclic amines) is 1. The third kappa shape index (κ3) is 6.10. The van der Waals surface area contributed by atoms with E-state index in [9.17, 15) is 4.79 Å². The van der Waals surface area contributed by atoms with Crippen molar-refractivity contribution in [3.63, 3.8) is 0 Å². The Kier molecular flexibility index (Phi) is 6.88. The molecule has 0 bridgehead atoms. The molecule has 0 radical (unpaired) electrons. The number of amides is 1. The zero-order chi connectivity index (χ0) is 19.1. The van der Waals surface area contributed by atoms with Crippen LogP contribution in [0.4, 0.5) is 0 Å². The van der Waals surface area contributed by atoms with Crippen molar-refractivity contribution < 1.29 is 9.53 Å². The Bertz CT molecular complexity index is 767. The molecule has 1 amide bonds. The molecule has 1 saturated heterocycles. The highest BCUT2D eigenvalue weighted by molar-refractivity contribution is 5.77. The third-order valence-electron chi connectivity index (χ3n) is 5.04. The van der Waals surface area contributed by atoms with Crippen LogP contribution in [0.5, 0.6) is 5.75 Å². The van der Waals surface area contributed by atoms with Gasteiger partial charge in [0, 0.05) is 13.1 Å². The van der Waals surface area contributed by atoms with Crippen LogP contribution in [0.1, 0.15) is 41.5 Å². The van der Waals surface area contributed by atoms with Crippen LogP contribution in [0.15, 0.2) is 42.5 Å². The van der Waals surface area contributed by atoms with Crippen LogP contribution in [0, 0.1) is 13.8 Å². The molecule has 1 aliphatic rings. The van der Waals surface area contributed by atoms with Gasteiger partial charge in [-0.1, -0.05) is 42.8 Å². The monoisotopic (exact) mass is 366 g/mol. The minimum absolute atomic E-state index is 0.0394. The summed E-state index contributed by atoms with van der Waals surface area (Å²) >= 11 is 0. The number of rotatable bonds is 7. The van der Waals surface area contributed by atoms with E-state index in [0.717, 1.165) is 29.0 Å². The average Bonchev–Trinajstić information content (AvgIpc) is 2.68. The number of benzene rings is 2. The highest BCUT2D eigenvalue weighted by Crippen LogP contribution is 2.19. The molecule has 1 aliphatic heterocycles. The van der Waals surface area contributed by atoms with Gasteiger partial charge in [-0.3, -0.25) is 9.69 Å². The van der Waals surface area contributed by atoms with Crippen LogP contribution < -0.4 is 10.1 Å². The van der Waals surface area contributed by atoms with Crippen molar-refractivity contribution in [1.82, 2.24) is 10.2 Å². The zero-order valence-electron chi connectivity index (χ0n) is 16.5. The second-order valence-electron chi connectivity index (χ2n) is 7.49. The molecule has 3 rings (SSSR count). The molecule has 0 unspecified atom stereocenters. The number of carbonyl (C=O) groups excluding carboxylic acids is 1. The number of nitrogens with one attached hydrogen (secondary N) is 1. The first-order chi connectivity index (χ1) is 13.1. The van der Waals surface area contributed by atoms with Crippen molar-refractivity contribution in [2.24, 2.45) is 0 Å². The smallest absolute Gasteiger partial charge is 0.258 e. The lowest BCUT2D eigenvalue weighted by atomic mass is 10.1. The Morgan fingerprint density at radius 3 is 2.63 bits per heavy atom. The van der Waals surface area contributed by atoms with Crippen molar-refractivity contribution in [1.29, 1.82) is 0 Å². The Labute approximate surface area is 162 Å². The summed E-state index contributed by atoms with van der Waals surface area (Å²) in [4.78, 5) is 14.7. The molecule has 0 aliphatic carbocycles. The largest absolute Gasteiger partial charge is 0.483 e. The fourth-order valence-corrected chi connectivity index (χ4v) is 3.47. The molecule has 1 N–H and O–H groups in total. The van der Waals surface area contributed by atoms with Gasteiger partial charge in [0.1, 0.15) is 5.75 Å². The Morgan fingerprint density at radius 1 is 1.04 bits per heavy atom. The summed E-state index contributed by atoms with van der Waals surface area (Å²) in [6.45, 7) is 7.95. The standard InChI is InChI=1S/C23H30N2O2/c1-18-9-10-19(2)22(13-18)27-17-23(26)24-15-20-7-6-8-21(14-20)16-25-11-4-3-5-12-25/h6-10,13-14H,3-5,11-12,15-17H2,1-2H3,(H,24,26).